The summed E-state index contributed by atoms with van der Waals surface area (Å²) in [5.74, 6) is -1.06. The average molecular weight is 427 g/mol. The molecule has 166 valence electrons. The summed E-state index contributed by atoms with van der Waals surface area (Å²) in [4.78, 5) is 28.3. The van der Waals surface area contributed by atoms with Gasteiger partial charge in [0.25, 0.3) is 0 Å². The van der Waals surface area contributed by atoms with E-state index < -0.39 is 17.7 Å². The summed E-state index contributed by atoms with van der Waals surface area (Å²) in [6.45, 7) is 8.82. The van der Waals surface area contributed by atoms with Crippen molar-refractivity contribution < 1.29 is 19.4 Å². The van der Waals surface area contributed by atoms with Crippen LogP contribution in [0.5, 0.6) is 0 Å². The number of nitrogens with zero attached hydrogens (tertiary/aromatic N) is 4. The number of carbonyl (C=O) groups is 2. The number of hydrogen-bond acceptors (Lipinski definition) is 5. The average Bonchev–Trinajstić information content (AvgIpc) is 3.31. The molecule has 1 atom stereocenters. The zero-order valence-electron chi connectivity index (χ0n) is 18.4. The quantitative estimate of drug-likeness (QED) is 0.807. The number of aromatic nitrogens is 2. The number of rotatable bonds is 4. The van der Waals surface area contributed by atoms with Gasteiger partial charge in [0.1, 0.15) is 5.60 Å². The fraction of sp³-hybridized carbons (Fsp3) is 0.522. The number of fused-ring (bicyclic) bond motifs is 1. The first-order chi connectivity index (χ1) is 14.7. The molecular weight excluding hydrogens is 396 g/mol. The number of aromatic carboxylic acids is 1. The Labute approximate surface area is 182 Å². The second-order valence-electron chi connectivity index (χ2n) is 9.34. The van der Waals surface area contributed by atoms with Gasteiger partial charge in [0.05, 0.1) is 12.6 Å². The van der Waals surface area contributed by atoms with Gasteiger partial charge in [-0.25, -0.2) is 9.59 Å². The van der Waals surface area contributed by atoms with Crippen molar-refractivity contribution >= 4 is 12.1 Å². The third-order valence-electron chi connectivity index (χ3n) is 5.78. The zero-order chi connectivity index (χ0) is 22.2. The summed E-state index contributed by atoms with van der Waals surface area (Å²) in [5.41, 5.74) is 2.29. The van der Waals surface area contributed by atoms with E-state index in [0.717, 1.165) is 31.7 Å². The number of likely N-dealkylation sites (tertiary alicyclic amines) is 1. The first-order valence-electron chi connectivity index (χ1n) is 10.8. The Morgan fingerprint density at radius 1 is 1.19 bits per heavy atom. The van der Waals surface area contributed by atoms with Crippen molar-refractivity contribution in [2.75, 3.05) is 19.6 Å². The first-order valence-corrected chi connectivity index (χ1v) is 10.8. The van der Waals surface area contributed by atoms with E-state index in [2.05, 4.69) is 22.1 Å². The van der Waals surface area contributed by atoms with Crippen LogP contribution in [0.4, 0.5) is 4.79 Å². The Hall–Kier alpha value is -2.87. The Morgan fingerprint density at radius 3 is 2.61 bits per heavy atom. The lowest BCUT2D eigenvalue weighted by molar-refractivity contribution is 0.0220. The Morgan fingerprint density at radius 2 is 1.94 bits per heavy atom. The highest BCUT2D eigenvalue weighted by Crippen LogP contribution is 2.30. The second kappa shape index (κ2) is 8.34. The molecule has 0 radical (unpaired) electrons. The molecule has 0 spiro atoms. The topological polar surface area (TPSA) is 87.9 Å². The van der Waals surface area contributed by atoms with Crippen LogP contribution in [0, 0.1) is 0 Å². The maximum absolute atomic E-state index is 12.5. The fourth-order valence-corrected chi connectivity index (χ4v) is 4.40. The SMILES string of the molecule is CC(C)(C)OC(=O)N1CCc2c(c(C(=O)O)nn2C2CCN(Cc3ccccc3)C2)C1. The van der Waals surface area contributed by atoms with Crippen LogP contribution in [0.15, 0.2) is 30.3 Å². The van der Waals surface area contributed by atoms with E-state index in [1.807, 2.05) is 43.7 Å². The molecule has 1 amide bonds. The number of carboxylic acid groups (broad SMARTS) is 1. The standard InChI is InChI=1S/C23H30N4O4/c1-23(2,3)31-22(30)26-12-10-19-18(15-26)20(21(28)29)24-27(19)17-9-11-25(14-17)13-16-7-5-4-6-8-16/h4-8,17H,9-15H2,1-3H3,(H,28,29). The van der Waals surface area contributed by atoms with Crippen LogP contribution < -0.4 is 0 Å². The van der Waals surface area contributed by atoms with E-state index in [4.69, 9.17) is 4.74 Å². The number of hydrogen-bond donors (Lipinski definition) is 1. The van der Waals surface area contributed by atoms with E-state index >= 15 is 0 Å². The van der Waals surface area contributed by atoms with Crippen LogP contribution in [-0.4, -0.2) is 62.0 Å². The maximum Gasteiger partial charge on any atom is 0.410 e. The minimum Gasteiger partial charge on any atom is -0.476 e. The van der Waals surface area contributed by atoms with Gasteiger partial charge >= 0.3 is 12.1 Å². The molecule has 1 aromatic heterocycles. The van der Waals surface area contributed by atoms with Crippen LogP contribution in [0.1, 0.15) is 60.5 Å². The van der Waals surface area contributed by atoms with Crippen molar-refractivity contribution in [1.29, 1.82) is 0 Å². The monoisotopic (exact) mass is 426 g/mol. The van der Waals surface area contributed by atoms with Crippen molar-refractivity contribution in [2.45, 2.75) is 58.3 Å². The van der Waals surface area contributed by atoms with E-state index in [1.54, 1.807) is 4.90 Å². The lowest BCUT2D eigenvalue weighted by Crippen LogP contribution is -2.40. The molecule has 0 bridgehead atoms. The minimum absolute atomic E-state index is 0.0461. The highest BCUT2D eigenvalue weighted by molar-refractivity contribution is 5.87. The summed E-state index contributed by atoms with van der Waals surface area (Å²) < 4.78 is 7.39. The number of carboxylic acids is 1. The molecule has 1 unspecified atom stereocenters. The van der Waals surface area contributed by atoms with Gasteiger partial charge in [-0.05, 0) is 32.8 Å². The summed E-state index contributed by atoms with van der Waals surface area (Å²) in [5, 5.41) is 14.2. The summed E-state index contributed by atoms with van der Waals surface area (Å²) >= 11 is 0. The predicted octanol–water partition coefficient (Wildman–Crippen LogP) is 3.32. The smallest absolute Gasteiger partial charge is 0.410 e. The van der Waals surface area contributed by atoms with Crippen molar-refractivity contribution in [1.82, 2.24) is 19.6 Å². The number of amides is 1. The van der Waals surface area contributed by atoms with Gasteiger partial charge in [0.15, 0.2) is 5.69 Å². The molecule has 3 heterocycles. The van der Waals surface area contributed by atoms with Gasteiger partial charge in [-0.15, -0.1) is 0 Å². The van der Waals surface area contributed by atoms with Crippen LogP contribution in [-0.2, 0) is 24.2 Å². The number of carbonyl (C=O) groups excluding carboxylic acids is 1. The van der Waals surface area contributed by atoms with Gasteiger partial charge in [-0.2, -0.15) is 5.10 Å². The Bertz CT molecular complexity index is 964. The predicted molar refractivity (Wildman–Crippen MR) is 115 cm³/mol. The van der Waals surface area contributed by atoms with Gasteiger partial charge in [0, 0.05) is 43.9 Å². The summed E-state index contributed by atoms with van der Waals surface area (Å²) in [6.07, 6.45) is 1.08. The zero-order valence-corrected chi connectivity index (χ0v) is 18.4. The molecule has 1 fully saturated rings. The van der Waals surface area contributed by atoms with E-state index in [1.165, 1.54) is 5.56 Å². The highest BCUT2D eigenvalue weighted by atomic mass is 16.6. The van der Waals surface area contributed by atoms with Crippen LogP contribution >= 0.6 is 0 Å². The van der Waals surface area contributed by atoms with Gasteiger partial charge < -0.3 is 14.7 Å². The normalized spacial score (nSPS) is 19.3. The van der Waals surface area contributed by atoms with Gasteiger partial charge in [0.2, 0.25) is 0 Å². The van der Waals surface area contributed by atoms with Crippen LogP contribution in [0.2, 0.25) is 0 Å². The van der Waals surface area contributed by atoms with Gasteiger partial charge in [-0.1, -0.05) is 30.3 Å². The third kappa shape index (κ3) is 4.74. The molecular formula is C23H30N4O4. The van der Waals surface area contributed by atoms with Crippen molar-refractivity contribution in [2.24, 2.45) is 0 Å². The van der Waals surface area contributed by atoms with Gasteiger partial charge in [-0.3, -0.25) is 9.58 Å². The molecule has 8 heteroatoms. The molecule has 1 saturated heterocycles. The molecule has 2 aromatic rings. The molecule has 1 aromatic carbocycles. The van der Waals surface area contributed by atoms with Crippen LogP contribution in [0.25, 0.3) is 0 Å². The van der Waals surface area contributed by atoms with Crippen molar-refractivity contribution in [3.63, 3.8) is 0 Å². The summed E-state index contributed by atoms with van der Waals surface area (Å²) in [7, 11) is 0. The van der Waals surface area contributed by atoms with Crippen LogP contribution in [0.3, 0.4) is 0 Å². The fourth-order valence-electron chi connectivity index (χ4n) is 4.40. The molecule has 2 aliphatic rings. The number of ether oxygens (including phenoxy) is 1. The first kappa shape index (κ1) is 21.4. The molecule has 8 nitrogen and oxygen atoms in total. The van der Waals surface area contributed by atoms with E-state index in [0.29, 0.717) is 18.5 Å². The summed E-state index contributed by atoms with van der Waals surface area (Å²) in [6, 6.07) is 10.5. The lowest BCUT2D eigenvalue weighted by Gasteiger charge is -2.30. The molecule has 0 aliphatic carbocycles. The highest BCUT2D eigenvalue weighted by Gasteiger charge is 2.35. The molecule has 0 saturated carbocycles. The second-order valence-corrected chi connectivity index (χ2v) is 9.34. The number of benzene rings is 1. The third-order valence-corrected chi connectivity index (χ3v) is 5.78. The molecule has 2 aliphatic heterocycles. The van der Waals surface area contributed by atoms with Crippen molar-refractivity contribution in [3.05, 3.63) is 52.8 Å². The molecule has 4 rings (SSSR count). The molecule has 1 N–H and O–H groups in total. The van der Waals surface area contributed by atoms with E-state index in [-0.39, 0.29) is 18.3 Å². The lowest BCUT2D eigenvalue weighted by atomic mass is 10.0. The van der Waals surface area contributed by atoms with E-state index in [9.17, 15) is 14.7 Å². The Balaban J connectivity index is 1.51. The molecule has 31 heavy (non-hydrogen) atoms. The largest absolute Gasteiger partial charge is 0.476 e. The minimum atomic E-state index is -1.06. The van der Waals surface area contributed by atoms with Crippen molar-refractivity contribution in [3.8, 4) is 0 Å². The Kier molecular flexibility index (Phi) is 5.75. The maximum atomic E-state index is 12.5.